The fourth-order valence-corrected chi connectivity index (χ4v) is 8.61. The van der Waals surface area contributed by atoms with Crippen LogP contribution in [0.15, 0.2) is 85.3 Å². The van der Waals surface area contributed by atoms with Crippen molar-refractivity contribution in [3.8, 4) is 28.4 Å². The lowest BCUT2D eigenvalue weighted by molar-refractivity contribution is 0.0240. The van der Waals surface area contributed by atoms with Gasteiger partial charge in [0.15, 0.2) is 0 Å². The van der Waals surface area contributed by atoms with E-state index in [9.17, 15) is 4.79 Å². The highest BCUT2D eigenvalue weighted by Crippen LogP contribution is 2.38. The van der Waals surface area contributed by atoms with Crippen molar-refractivity contribution in [1.82, 2.24) is 29.4 Å². The van der Waals surface area contributed by atoms with Crippen molar-refractivity contribution in [2.24, 2.45) is 0 Å². The first-order chi connectivity index (χ1) is 29.5. The summed E-state index contributed by atoms with van der Waals surface area (Å²) in [5.41, 5.74) is 10.9. The Labute approximate surface area is 359 Å². The Balaban J connectivity index is 1.17. The lowest BCUT2D eigenvalue weighted by atomic mass is 9.96. The van der Waals surface area contributed by atoms with Gasteiger partial charge in [-0.25, -0.2) is 19.7 Å². The van der Waals surface area contributed by atoms with Crippen LogP contribution in [0.25, 0.3) is 33.5 Å². The fourth-order valence-electron chi connectivity index (χ4n) is 8.61. The number of carbonyl (C=O) groups excluding carboxylic acids is 1. The van der Waals surface area contributed by atoms with E-state index in [0.717, 1.165) is 88.8 Å². The van der Waals surface area contributed by atoms with Crippen LogP contribution in [-0.4, -0.2) is 93.1 Å². The number of fused-ring (bicyclic) bond motifs is 1. The molecule has 2 saturated heterocycles. The topological polar surface area (TPSA) is 111 Å². The van der Waals surface area contributed by atoms with Crippen molar-refractivity contribution in [2.45, 2.75) is 86.1 Å². The lowest BCUT2D eigenvalue weighted by Gasteiger charge is -2.37. The monoisotopic (exact) mass is 822 g/mol. The number of aromatic nitrogens is 5. The molecule has 2 aliphatic heterocycles. The normalized spacial score (nSPS) is 15.0. The second kappa shape index (κ2) is 17.9. The van der Waals surface area contributed by atoms with E-state index in [-0.39, 0.29) is 6.09 Å². The number of pyridine rings is 3. The summed E-state index contributed by atoms with van der Waals surface area (Å²) < 4.78 is 20.3. The molecule has 6 aromatic rings. The van der Waals surface area contributed by atoms with Crippen molar-refractivity contribution in [3.63, 3.8) is 0 Å². The largest absolute Gasteiger partial charge is 0.472 e. The van der Waals surface area contributed by atoms with E-state index in [1.54, 1.807) is 4.90 Å². The van der Waals surface area contributed by atoms with E-state index in [4.69, 9.17) is 29.2 Å². The second-order valence-corrected chi connectivity index (χ2v) is 17.2. The van der Waals surface area contributed by atoms with Crippen LogP contribution < -0.4 is 14.5 Å². The molecule has 12 heteroatoms. The van der Waals surface area contributed by atoms with Gasteiger partial charge < -0.3 is 33.5 Å². The molecule has 8 rings (SSSR count). The highest BCUT2D eigenvalue weighted by atomic mass is 16.6. The molecule has 0 spiro atoms. The third kappa shape index (κ3) is 9.34. The number of hydrogen-bond acceptors (Lipinski definition) is 10. The van der Waals surface area contributed by atoms with Crippen molar-refractivity contribution < 1.29 is 19.0 Å². The predicted molar refractivity (Wildman–Crippen MR) is 241 cm³/mol. The zero-order valence-electron chi connectivity index (χ0n) is 36.6. The van der Waals surface area contributed by atoms with Crippen LogP contribution in [0.5, 0.6) is 5.88 Å². The molecule has 61 heavy (non-hydrogen) atoms. The Bertz CT molecular complexity index is 2470. The number of anilines is 2. The maximum absolute atomic E-state index is 12.7. The second-order valence-electron chi connectivity index (χ2n) is 17.2. The van der Waals surface area contributed by atoms with Gasteiger partial charge in [0, 0.05) is 81.3 Å². The molecule has 0 saturated carbocycles. The van der Waals surface area contributed by atoms with E-state index in [1.807, 2.05) is 70.6 Å². The third-order valence-corrected chi connectivity index (χ3v) is 11.7. The average molecular weight is 823 g/mol. The smallest absolute Gasteiger partial charge is 0.410 e. The first kappa shape index (κ1) is 41.7. The van der Waals surface area contributed by atoms with Gasteiger partial charge in [0.25, 0.3) is 0 Å². The summed E-state index contributed by atoms with van der Waals surface area (Å²) in [4.78, 5) is 39.0. The Hall–Kier alpha value is -6.01. The summed E-state index contributed by atoms with van der Waals surface area (Å²) in [6.45, 7) is 20.2. The van der Waals surface area contributed by atoms with Crippen LogP contribution in [0.1, 0.15) is 68.5 Å². The first-order valence-electron chi connectivity index (χ1n) is 21.6. The summed E-state index contributed by atoms with van der Waals surface area (Å²) in [6.07, 6.45) is 7.36. The number of imidazole rings is 1. The van der Waals surface area contributed by atoms with Gasteiger partial charge in [-0.05, 0) is 126 Å². The number of amides is 1. The van der Waals surface area contributed by atoms with Crippen molar-refractivity contribution in [2.75, 3.05) is 55.7 Å². The SMILES string of the molecule is CCN(c1cc(-c2ccc(N3CCN(C(=O)OC(C)(C)C)CC3)nc2)cc(Cn2c(-c3c(C)cc(C)nc3OCc3ccccc3)nc3cnccc32)c1C)C1CCOCC1. The van der Waals surface area contributed by atoms with Gasteiger partial charge in [0.05, 0.1) is 23.8 Å². The summed E-state index contributed by atoms with van der Waals surface area (Å²) >= 11 is 0. The van der Waals surface area contributed by atoms with Gasteiger partial charge >= 0.3 is 6.09 Å². The lowest BCUT2D eigenvalue weighted by Crippen LogP contribution is -2.50. The molecule has 1 amide bonds. The van der Waals surface area contributed by atoms with Crippen LogP contribution in [0, 0.1) is 20.8 Å². The van der Waals surface area contributed by atoms with Crippen molar-refractivity contribution >= 4 is 28.6 Å². The summed E-state index contributed by atoms with van der Waals surface area (Å²) in [7, 11) is 0. The quantitative estimate of drug-likeness (QED) is 0.126. The van der Waals surface area contributed by atoms with Gasteiger partial charge in [0.1, 0.15) is 29.4 Å². The Morgan fingerprint density at radius 3 is 2.38 bits per heavy atom. The van der Waals surface area contributed by atoms with Gasteiger partial charge in [-0.2, -0.15) is 0 Å². The first-order valence-corrected chi connectivity index (χ1v) is 21.6. The molecule has 0 atom stereocenters. The Morgan fingerprint density at radius 1 is 0.902 bits per heavy atom. The molecule has 0 bridgehead atoms. The number of aryl methyl sites for hydroxylation is 2. The molecule has 2 aromatic carbocycles. The van der Waals surface area contributed by atoms with Crippen molar-refractivity contribution in [3.05, 3.63) is 113 Å². The van der Waals surface area contributed by atoms with Gasteiger partial charge in [0.2, 0.25) is 5.88 Å². The van der Waals surface area contributed by atoms with Crippen LogP contribution >= 0.6 is 0 Å². The molecule has 0 aliphatic carbocycles. The average Bonchev–Trinajstić information content (AvgIpc) is 3.61. The van der Waals surface area contributed by atoms with Crippen LogP contribution in [0.4, 0.5) is 16.3 Å². The summed E-state index contributed by atoms with van der Waals surface area (Å²) in [5.74, 6) is 2.25. The minimum absolute atomic E-state index is 0.265. The van der Waals surface area contributed by atoms with Crippen LogP contribution in [0.3, 0.4) is 0 Å². The Morgan fingerprint density at radius 2 is 1.67 bits per heavy atom. The minimum Gasteiger partial charge on any atom is -0.472 e. The maximum Gasteiger partial charge on any atom is 0.410 e. The molecule has 4 aromatic heterocycles. The predicted octanol–water partition coefficient (Wildman–Crippen LogP) is 9.17. The molecular weight excluding hydrogens is 765 g/mol. The van der Waals surface area contributed by atoms with Gasteiger partial charge in [-0.1, -0.05) is 30.3 Å². The molecule has 318 valence electrons. The standard InChI is InChI=1S/C49H58N8O4/c1-8-56(40-17-24-59-25-18-40)43-28-38(37-14-15-44(51-29-37)54-20-22-55(23-21-54)48(58)61-49(5,6)7)27-39(35(43)4)31-57-42-16-19-50-30-41(42)53-46(57)45-33(2)26-34(3)52-47(45)60-32-36-12-10-9-11-13-36/h9-16,19,26-30,40H,8,17-18,20-25,31-32H2,1-7H3. The Kier molecular flexibility index (Phi) is 12.3. The van der Waals surface area contributed by atoms with E-state index < -0.39 is 5.60 Å². The van der Waals surface area contributed by atoms with E-state index >= 15 is 0 Å². The zero-order chi connectivity index (χ0) is 42.7. The zero-order valence-corrected chi connectivity index (χ0v) is 36.6. The molecule has 0 radical (unpaired) electrons. The highest BCUT2D eigenvalue weighted by Gasteiger charge is 2.28. The van der Waals surface area contributed by atoms with Crippen LogP contribution in [0.2, 0.25) is 0 Å². The number of piperazine rings is 1. The maximum atomic E-state index is 12.7. The van der Waals surface area contributed by atoms with E-state index in [0.29, 0.717) is 51.3 Å². The van der Waals surface area contributed by atoms with Gasteiger partial charge in [-0.3, -0.25) is 4.98 Å². The van der Waals surface area contributed by atoms with Crippen molar-refractivity contribution in [1.29, 1.82) is 0 Å². The van der Waals surface area contributed by atoms with Crippen LogP contribution in [-0.2, 0) is 22.6 Å². The van der Waals surface area contributed by atoms with Gasteiger partial charge in [-0.15, -0.1) is 0 Å². The molecule has 2 fully saturated rings. The number of carbonyl (C=O) groups is 1. The number of ether oxygens (including phenoxy) is 3. The summed E-state index contributed by atoms with van der Waals surface area (Å²) in [6, 6.07) is 23.6. The molecule has 0 N–H and O–H groups in total. The number of rotatable bonds is 11. The number of hydrogen-bond donors (Lipinski definition) is 0. The summed E-state index contributed by atoms with van der Waals surface area (Å²) in [5, 5.41) is 0. The highest BCUT2D eigenvalue weighted by molar-refractivity contribution is 5.82. The number of benzene rings is 2. The fraction of sp³-hybridized carbons (Fsp3) is 0.408. The minimum atomic E-state index is -0.522. The third-order valence-electron chi connectivity index (χ3n) is 11.7. The van der Waals surface area contributed by atoms with E-state index in [1.165, 1.54) is 16.8 Å². The molecule has 6 heterocycles. The number of nitrogens with zero attached hydrogens (tertiary/aromatic N) is 8. The van der Waals surface area contributed by atoms with E-state index in [2.05, 4.69) is 82.6 Å². The molecule has 12 nitrogen and oxygen atoms in total. The molecule has 0 unspecified atom stereocenters. The molecule has 2 aliphatic rings. The molecular formula is C49H58N8O4.